The average molecular weight is 906 g/mol. The van der Waals surface area contributed by atoms with Crippen LogP contribution in [0.5, 0.6) is 0 Å². The Hall–Kier alpha value is -3.66. The van der Waals surface area contributed by atoms with Gasteiger partial charge in [0, 0.05) is 45.5 Å². The van der Waals surface area contributed by atoms with Crippen LogP contribution in [0.15, 0.2) is 13.4 Å². The molecule has 18 nitrogen and oxygen atoms in total. The zero-order valence-corrected chi connectivity index (χ0v) is 32.1. The van der Waals surface area contributed by atoms with Crippen LogP contribution in [0.4, 0.5) is 5.69 Å². The van der Waals surface area contributed by atoms with Crippen LogP contribution in [0.3, 0.4) is 0 Å². The van der Waals surface area contributed by atoms with E-state index < -0.39 is 98.2 Å². The van der Waals surface area contributed by atoms with E-state index in [1.54, 1.807) is 0 Å². The lowest BCUT2D eigenvalue weighted by Crippen LogP contribution is -2.39. The van der Waals surface area contributed by atoms with Crippen molar-refractivity contribution < 1.29 is 72.3 Å². The van der Waals surface area contributed by atoms with E-state index in [1.165, 1.54) is 0 Å². The van der Waals surface area contributed by atoms with Gasteiger partial charge in [-0.25, -0.2) is 0 Å². The molecule has 0 heterocycles. The Bertz CT molecular complexity index is 1390. The summed E-state index contributed by atoms with van der Waals surface area (Å²) >= 11 is 9.76. The third-order valence-corrected chi connectivity index (χ3v) is 8.29. The molecule has 5 N–H and O–H groups in total. The van der Waals surface area contributed by atoms with Crippen molar-refractivity contribution >= 4 is 101 Å². The van der Waals surface area contributed by atoms with Gasteiger partial charge in [-0.3, -0.25) is 38.4 Å². The number of esters is 5. The molecule has 21 heteroatoms. The summed E-state index contributed by atoms with van der Waals surface area (Å²) in [4.78, 5) is 98.0. The van der Waals surface area contributed by atoms with Crippen molar-refractivity contribution in [3.63, 3.8) is 0 Å². The molecule has 0 aliphatic rings. The summed E-state index contributed by atoms with van der Waals surface area (Å²) in [5.41, 5.74) is -0.825. The van der Waals surface area contributed by atoms with Crippen molar-refractivity contribution in [3.05, 3.63) is 24.5 Å². The number of aliphatic hydroxyl groups excluding tert-OH is 2. The van der Waals surface area contributed by atoms with Crippen molar-refractivity contribution in [2.24, 2.45) is 0 Å². The van der Waals surface area contributed by atoms with E-state index in [2.05, 4.69) is 63.7 Å². The van der Waals surface area contributed by atoms with Gasteiger partial charge in [0.2, 0.25) is 0 Å². The molecular formula is C29H36Br3N3O15. The van der Waals surface area contributed by atoms with Gasteiger partial charge >= 0.3 is 29.8 Å². The van der Waals surface area contributed by atoms with Gasteiger partial charge in [0.1, 0.15) is 13.2 Å². The molecule has 1 aromatic carbocycles. The number of nitrogens with one attached hydrogen (secondary N) is 3. The molecule has 0 bridgehead atoms. The Kier molecular flexibility index (Phi) is 19.1. The fraction of sp³-hybridized carbons (Fsp3) is 0.517. The summed E-state index contributed by atoms with van der Waals surface area (Å²) in [5.74, 6) is -6.54. The third kappa shape index (κ3) is 15.1. The van der Waals surface area contributed by atoms with Crippen LogP contribution in [-0.2, 0) is 52.5 Å². The topological polar surface area (TPSA) is 259 Å². The highest BCUT2D eigenvalue weighted by molar-refractivity contribution is 9.11. The Morgan fingerprint density at radius 2 is 1.04 bits per heavy atom. The van der Waals surface area contributed by atoms with Gasteiger partial charge in [-0.15, -0.1) is 0 Å². The molecule has 0 fully saturated rings. The molecule has 0 radical (unpaired) electrons. The van der Waals surface area contributed by atoms with Crippen LogP contribution in [0.2, 0.25) is 0 Å². The minimum atomic E-state index is -1.64. The minimum Gasteiger partial charge on any atom is -0.462 e. The summed E-state index contributed by atoms with van der Waals surface area (Å²) in [7, 11) is 0. The van der Waals surface area contributed by atoms with Crippen LogP contribution >= 0.6 is 47.8 Å². The lowest BCUT2D eigenvalue weighted by atomic mass is 10.1. The predicted molar refractivity (Wildman–Crippen MR) is 180 cm³/mol. The van der Waals surface area contributed by atoms with Crippen molar-refractivity contribution in [1.29, 1.82) is 0 Å². The van der Waals surface area contributed by atoms with E-state index >= 15 is 0 Å². The highest BCUT2D eigenvalue weighted by atomic mass is 79.9. The van der Waals surface area contributed by atoms with E-state index in [4.69, 9.17) is 23.7 Å². The fourth-order valence-corrected chi connectivity index (χ4v) is 6.76. The Morgan fingerprint density at radius 3 is 1.38 bits per heavy atom. The Balaban J connectivity index is 3.69. The first-order valence-corrected chi connectivity index (χ1v) is 16.8. The number of carbonyl (C=O) groups excluding carboxylic acids is 8. The quantitative estimate of drug-likeness (QED) is 0.102. The molecule has 0 aliphatic carbocycles. The third-order valence-electron chi connectivity index (χ3n) is 5.91. The van der Waals surface area contributed by atoms with Crippen LogP contribution < -0.4 is 16.0 Å². The summed E-state index contributed by atoms with van der Waals surface area (Å²) in [5, 5.41) is 26.6. The molecule has 1 aromatic rings. The van der Waals surface area contributed by atoms with Crippen LogP contribution in [0, 0.1) is 0 Å². The molecule has 50 heavy (non-hydrogen) atoms. The number of rotatable bonds is 18. The molecule has 4 unspecified atom stereocenters. The summed E-state index contributed by atoms with van der Waals surface area (Å²) in [6, 6.07) is 0. The smallest absolute Gasteiger partial charge is 0.303 e. The van der Waals surface area contributed by atoms with Crippen molar-refractivity contribution in [1.82, 2.24) is 10.6 Å². The molecule has 0 saturated heterocycles. The molecule has 278 valence electrons. The molecular weight excluding hydrogens is 870 g/mol. The number of benzene rings is 1. The maximum absolute atomic E-state index is 13.6. The number of halogens is 3. The van der Waals surface area contributed by atoms with E-state index in [9.17, 15) is 48.6 Å². The first-order chi connectivity index (χ1) is 23.3. The molecule has 4 atom stereocenters. The van der Waals surface area contributed by atoms with Crippen molar-refractivity contribution in [2.45, 2.75) is 65.5 Å². The highest BCUT2D eigenvalue weighted by Gasteiger charge is 2.32. The van der Waals surface area contributed by atoms with Crippen LogP contribution in [-0.4, -0.2) is 115 Å². The SMILES string of the molecule is CC(=O)OCC(CNC(=O)c1c(Br)c(NC(=O)C(CC(O)CO)OC(C)=O)c(Br)c(C(=O)NCC(COC(C)=O)OC(C)=O)c1Br)OC(C)=O. The van der Waals surface area contributed by atoms with Gasteiger partial charge in [-0.05, 0) is 47.8 Å². The van der Waals surface area contributed by atoms with Gasteiger partial charge in [0.25, 0.3) is 17.7 Å². The second-order valence-electron chi connectivity index (χ2n) is 10.2. The molecule has 0 aliphatic heterocycles. The normalized spacial score (nSPS) is 13.0. The molecule has 0 aromatic heterocycles. The average Bonchev–Trinajstić information content (AvgIpc) is 3.00. The maximum Gasteiger partial charge on any atom is 0.303 e. The number of carbonyl (C=O) groups is 8. The van der Waals surface area contributed by atoms with E-state index in [0.717, 1.165) is 34.6 Å². The van der Waals surface area contributed by atoms with E-state index in [-0.39, 0.29) is 43.3 Å². The van der Waals surface area contributed by atoms with E-state index in [1.807, 2.05) is 0 Å². The molecule has 0 saturated carbocycles. The second-order valence-corrected chi connectivity index (χ2v) is 12.6. The largest absolute Gasteiger partial charge is 0.462 e. The summed E-state index contributed by atoms with van der Waals surface area (Å²) < 4.78 is 24.6. The summed E-state index contributed by atoms with van der Waals surface area (Å²) in [6.07, 6.45) is -5.85. The monoisotopic (exact) mass is 903 g/mol. The molecule has 1 rings (SSSR count). The number of anilines is 1. The lowest BCUT2D eigenvalue weighted by molar-refractivity contribution is -0.155. The maximum atomic E-state index is 13.6. The van der Waals surface area contributed by atoms with Crippen molar-refractivity contribution in [2.75, 3.05) is 38.2 Å². The number of hydrogen-bond donors (Lipinski definition) is 5. The highest BCUT2D eigenvalue weighted by Crippen LogP contribution is 2.42. The van der Waals surface area contributed by atoms with Crippen molar-refractivity contribution in [3.8, 4) is 0 Å². The number of hydrogen-bond acceptors (Lipinski definition) is 15. The van der Waals surface area contributed by atoms with Gasteiger partial charge in [0.05, 0.1) is 51.6 Å². The first kappa shape index (κ1) is 44.4. The zero-order chi connectivity index (χ0) is 38.3. The first-order valence-electron chi connectivity index (χ1n) is 14.4. The molecule has 0 spiro atoms. The van der Waals surface area contributed by atoms with Gasteiger partial charge in [-0.1, -0.05) is 0 Å². The van der Waals surface area contributed by atoms with Gasteiger partial charge < -0.3 is 49.8 Å². The number of ether oxygens (including phenoxy) is 5. The zero-order valence-electron chi connectivity index (χ0n) is 27.4. The Morgan fingerprint density at radius 1 is 0.640 bits per heavy atom. The van der Waals surface area contributed by atoms with E-state index in [0.29, 0.717) is 0 Å². The minimum absolute atomic E-state index is 0.125. The Labute approximate surface area is 311 Å². The van der Waals surface area contributed by atoms with Gasteiger partial charge in [0.15, 0.2) is 18.3 Å². The van der Waals surface area contributed by atoms with Crippen LogP contribution in [0.1, 0.15) is 61.8 Å². The second kappa shape index (κ2) is 21.5. The number of aliphatic hydroxyl groups is 2. The summed E-state index contributed by atoms with van der Waals surface area (Å²) in [6.45, 7) is 3.15. The van der Waals surface area contributed by atoms with Crippen LogP contribution in [0.25, 0.3) is 0 Å². The standard InChI is InChI=1S/C29H36Br3N3O15/c1-12(37)46-10-18(48-14(3)39)7-33-28(44)21-23(30)22(29(45)34-8-19(49-15(4)40)11-47-13(2)38)25(32)26(24(21)31)35-27(43)20(50-16(5)41)6-17(42)9-36/h17-20,36,42H,6-11H2,1-5H3,(H,33,44)(H,34,45)(H,35,43). The lowest BCUT2D eigenvalue weighted by Gasteiger charge is -2.23. The predicted octanol–water partition coefficient (Wildman–Crippen LogP) is 1.04. The van der Waals surface area contributed by atoms with Gasteiger partial charge in [-0.2, -0.15) is 0 Å². The fourth-order valence-electron chi connectivity index (χ4n) is 3.86. The molecule has 3 amide bonds. The number of amides is 3.